The lowest BCUT2D eigenvalue weighted by Gasteiger charge is -2.14. The van der Waals surface area contributed by atoms with Crippen LogP contribution in [0.5, 0.6) is 0 Å². The highest BCUT2D eigenvalue weighted by Crippen LogP contribution is 2.24. The summed E-state index contributed by atoms with van der Waals surface area (Å²) in [6.07, 6.45) is 1.91. The van der Waals surface area contributed by atoms with E-state index in [1.807, 2.05) is 43.5 Å². The van der Waals surface area contributed by atoms with Crippen LogP contribution < -0.4 is 10.6 Å². The Bertz CT molecular complexity index is 599. The number of anilines is 1. The van der Waals surface area contributed by atoms with Crippen LogP contribution in [0.4, 0.5) is 10.5 Å². The van der Waals surface area contributed by atoms with Gasteiger partial charge >= 0.3 is 6.03 Å². The fourth-order valence-corrected chi connectivity index (χ4v) is 2.57. The maximum Gasteiger partial charge on any atom is 0.319 e. The topological polar surface area (TPSA) is 74.2 Å². The third-order valence-electron chi connectivity index (χ3n) is 3.29. The average molecular weight is 319 g/mol. The molecule has 1 unspecified atom stereocenters. The summed E-state index contributed by atoms with van der Waals surface area (Å²) in [5.74, 6) is 0.194. The van der Waals surface area contributed by atoms with E-state index in [0.29, 0.717) is 13.0 Å². The molecule has 0 saturated carbocycles. The summed E-state index contributed by atoms with van der Waals surface area (Å²) in [5.41, 5.74) is 1.69. The van der Waals surface area contributed by atoms with Crippen LogP contribution in [-0.2, 0) is 0 Å². The first-order chi connectivity index (χ1) is 10.6. The molecule has 0 aliphatic heterocycles. The van der Waals surface area contributed by atoms with Gasteiger partial charge in [0.15, 0.2) is 0 Å². The molecule has 0 aliphatic rings. The van der Waals surface area contributed by atoms with Crippen molar-refractivity contribution in [1.82, 2.24) is 10.3 Å². The van der Waals surface area contributed by atoms with E-state index in [9.17, 15) is 9.90 Å². The smallest absolute Gasteiger partial charge is 0.319 e. The van der Waals surface area contributed by atoms with Crippen molar-refractivity contribution in [1.29, 1.82) is 0 Å². The molecule has 1 atom stereocenters. The molecule has 0 fully saturated rings. The van der Waals surface area contributed by atoms with E-state index in [0.717, 1.165) is 16.3 Å². The predicted octanol–water partition coefficient (Wildman–Crippen LogP) is 3.34. The van der Waals surface area contributed by atoms with E-state index in [1.165, 1.54) is 0 Å². The second-order valence-corrected chi connectivity index (χ2v) is 6.29. The molecule has 3 N–H and O–H groups in total. The number of benzene rings is 1. The maximum atomic E-state index is 11.8. The van der Waals surface area contributed by atoms with Crippen molar-refractivity contribution in [3.8, 4) is 10.6 Å². The molecule has 2 rings (SSSR count). The van der Waals surface area contributed by atoms with Crippen LogP contribution >= 0.6 is 11.3 Å². The summed E-state index contributed by atoms with van der Waals surface area (Å²) in [5, 5.41) is 18.1. The third kappa shape index (κ3) is 4.82. The van der Waals surface area contributed by atoms with Gasteiger partial charge in [0.05, 0.1) is 6.10 Å². The second-order valence-electron chi connectivity index (χ2n) is 5.40. The number of nitrogens with zero attached hydrogens (tertiary/aromatic N) is 1. The number of hydrogen-bond donors (Lipinski definition) is 3. The Morgan fingerprint density at radius 1 is 1.41 bits per heavy atom. The lowest BCUT2D eigenvalue weighted by molar-refractivity contribution is 0.117. The van der Waals surface area contributed by atoms with Crippen LogP contribution in [0.1, 0.15) is 20.3 Å². The quantitative estimate of drug-likeness (QED) is 0.764. The van der Waals surface area contributed by atoms with Gasteiger partial charge in [-0.1, -0.05) is 26.0 Å². The van der Waals surface area contributed by atoms with Crippen molar-refractivity contribution in [3.05, 3.63) is 35.8 Å². The molecule has 1 aromatic carbocycles. The Morgan fingerprint density at radius 3 is 2.91 bits per heavy atom. The molecular weight excluding hydrogens is 298 g/mol. The van der Waals surface area contributed by atoms with Gasteiger partial charge < -0.3 is 15.7 Å². The number of urea groups is 1. The molecule has 0 radical (unpaired) electrons. The van der Waals surface area contributed by atoms with Crippen LogP contribution in [0, 0.1) is 5.92 Å². The molecule has 0 spiro atoms. The standard InChI is InChI=1S/C16H21N3O2S/c1-11(2)14(20)6-7-18-16(21)19-13-5-3-4-12(10-13)15-17-8-9-22-15/h3-5,8-11,14,20H,6-7H2,1-2H3,(H2,18,19,21). The van der Waals surface area contributed by atoms with Gasteiger partial charge in [-0.25, -0.2) is 9.78 Å². The molecule has 5 nitrogen and oxygen atoms in total. The highest BCUT2D eigenvalue weighted by Gasteiger charge is 2.09. The number of hydrogen-bond acceptors (Lipinski definition) is 4. The number of rotatable bonds is 6. The minimum Gasteiger partial charge on any atom is -0.393 e. The second kappa shape index (κ2) is 7.91. The van der Waals surface area contributed by atoms with E-state index in [1.54, 1.807) is 17.5 Å². The van der Waals surface area contributed by atoms with Gasteiger partial charge in [0.25, 0.3) is 0 Å². The highest BCUT2D eigenvalue weighted by atomic mass is 32.1. The molecule has 0 aliphatic carbocycles. The molecule has 2 amide bonds. The Kier molecular flexibility index (Phi) is 5.91. The molecule has 118 valence electrons. The van der Waals surface area contributed by atoms with Gasteiger partial charge in [-0.3, -0.25) is 0 Å². The summed E-state index contributed by atoms with van der Waals surface area (Å²) >= 11 is 1.56. The predicted molar refractivity (Wildman–Crippen MR) is 90.0 cm³/mol. The van der Waals surface area contributed by atoms with E-state index in [-0.39, 0.29) is 11.9 Å². The van der Waals surface area contributed by atoms with Crippen molar-refractivity contribution in [2.45, 2.75) is 26.4 Å². The van der Waals surface area contributed by atoms with Gasteiger partial charge in [0.1, 0.15) is 5.01 Å². The molecule has 1 aromatic heterocycles. The van der Waals surface area contributed by atoms with E-state index >= 15 is 0 Å². The minimum atomic E-state index is -0.395. The first kappa shape index (κ1) is 16.5. The fourth-order valence-electron chi connectivity index (χ4n) is 1.94. The fraction of sp³-hybridized carbons (Fsp3) is 0.375. The zero-order valence-corrected chi connectivity index (χ0v) is 13.6. The first-order valence-electron chi connectivity index (χ1n) is 7.29. The number of carbonyl (C=O) groups excluding carboxylic acids is 1. The number of aliphatic hydroxyl groups is 1. The summed E-state index contributed by atoms with van der Waals surface area (Å²) in [7, 11) is 0. The molecule has 1 heterocycles. The Labute approximate surface area is 134 Å². The van der Waals surface area contributed by atoms with Gasteiger partial charge in [0.2, 0.25) is 0 Å². The van der Waals surface area contributed by atoms with Crippen LogP contribution in [0.2, 0.25) is 0 Å². The van der Waals surface area contributed by atoms with Crippen LogP contribution in [0.25, 0.3) is 10.6 Å². The normalized spacial score (nSPS) is 12.2. The zero-order chi connectivity index (χ0) is 15.9. The summed E-state index contributed by atoms with van der Waals surface area (Å²) in [6, 6.07) is 7.30. The van der Waals surface area contributed by atoms with Gasteiger partial charge in [-0.2, -0.15) is 0 Å². The van der Waals surface area contributed by atoms with Crippen molar-refractivity contribution in [3.63, 3.8) is 0 Å². The summed E-state index contributed by atoms with van der Waals surface area (Å²) in [4.78, 5) is 16.1. The van der Waals surface area contributed by atoms with Gasteiger partial charge in [-0.15, -0.1) is 11.3 Å². The van der Waals surface area contributed by atoms with E-state index in [4.69, 9.17) is 0 Å². The number of thiazole rings is 1. The molecule has 6 heteroatoms. The van der Waals surface area contributed by atoms with Crippen LogP contribution in [-0.4, -0.2) is 28.8 Å². The number of aliphatic hydroxyl groups excluding tert-OH is 1. The number of amides is 2. The van der Waals surface area contributed by atoms with Gasteiger partial charge in [-0.05, 0) is 24.5 Å². The summed E-state index contributed by atoms with van der Waals surface area (Å²) < 4.78 is 0. The van der Waals surface area contributed by atoms with Crippen LogP contribution in [0.15, 0.2) is 35.8 Å². The van der Waals surface area contributed by atoms with E-state index in [2.05, 4.69) is 15.6 Å². The lowest BCUT2D eigenvalue weighted by atomic mass is 10.0. The monoisotopic (exact) mass is 319 g/mol. The third-order valence-corrected chi connectivity index (χ3v) is 4.12. The molecule has 22 heavy (non-hydrogen) atoms. The Hall–Kier alpha value is -1.92. The van der Waals surface area contributed by atoms with Gasteiger partial charge in [0, 0.05) is 29.4 Å². The lowest BCUT2D eigenvalue weighted by Crippen LogP contribution is -2.32. The number of nitrogens with one attached hydrogen (secondary N) is 2. The highest BCUT2D eigenvalue weighted by molar-refractivity contribution is 7.13. The van der Waals surface area contributed by atoms with Crippen molar-refractivity contribution < 1.29 is 9.90 Å². The largest absolute Gasteiger partial charge is 0.393 e. The maximum absolute atomic E-state index is 11.8. The molecule has 0 saturated heterocycles. The number of carbonyl (C=O) groups is 1. The average Bonchev–Trinajstić information content (AvgIpc) is 3.01. The SMILES string of the molecule is CC(C)C(O)CCNC(=O)Nc1cccc(-c2nccs2)c1. The van der Waals surface area contributed by atoms with Crippen molar-refractivity contribution >= 4 is 23.1 Å². The first-order valence-corrected chi connectivity index (χ1v) is 8.17. The summed E-state index contributed by atoms with van der Waals surface area (Å²) in [6.45, 7) is 4.35. The van der Waals surface area contributed by atoms with E-state index < -0.39 is 6.10 Å². The van der Waals surface area contributed by atoms with Crippen molar-refractivity contribution in [2.75, 3.05) is 11.9 Å². The van der Waals surface area contributed by atoms with Crippen LogP contribution in [0.3, 0.4) is 0 Å². The minimum absolute atomic E-state index is 0.194. The molecule has 2 aromatic rings. The molecular formula is C16H21N3O2S. The van der Waals surface area contributed by atoms with Crippen molar-refractivity contribution in [2.24, 2.45) is 5.92 Å². The zero-order valence-electron chi connectivity index (χ0n) is 12.7. The molecule has 0 bridgehead atoms. The number of aromatic nitrogens is 1. The Morgan fingerprint density at radius 2 is 2.23 bits per heavy atom. The Balaban J connectivity index is 1.86.